The average molecular weight is 484 g/mol. The van der Waals surface area contributed by atoms with Crippen LogP contribution in [0.15, 0.2) is 69.6 Å². The van der Waals surface area contributed by atoms with Gasteiger partial charge in [-0.25, -0.2) is 4.79 Å². The number of ether oxygens (including phenoxy) is 1. The predicted molar refractivity (Wildman–Crippen MR) is 130 cm³/mol. The largest absolute Gasteiger partial charge is 0.494 e. The number of thiophene rings is 1. The van der Waals surface area contributed by atoms with Crippen molar-refractivity contribution in [2.45, 2.75) is 26.6 Å². The Kier molecular flexibility index (Phi) is 6.96. The van der Waals surface area contributed by atoms with Crippen LogP contribution in [-0.2, 0) is 24.4 Å². The molecule has 0 fully saturated rings. The highest BCUT2D eigenvalue weighted by Crippen LogP contribution is 2.17. The highest BCUT2D eigenvalue weighted by Gasteiger charge is 2.16. The lowest BCUT2D eigenvalue weighted by molar-refractivity contribution is -0.121. The molecule has 0 saturated carbocycles. The molecule has 0 saturated heterocycles. The summed E-state index contributed by atoms with van der Waals surface area (Å²) in [5, 5.41) is 5.18. The van der Waals surface area contributed by atoms with Gasteiger partial charge in [0.1, 0.15) is 17.0 Å². The van der Waals surface area contributed by atoms with E-state index in [1.807, 2.05) is 31.2 Å². The van der Waals surface area contributed by atoms with Crippen LogP contribution in [0.2, 0.25) is 5.02 Å². The first-order valence-corrected chi connectivity index (χ1v) is 11.7. The summed E-state index contributed by atoms with van der Waals surface area (Å²) in [6.07, 6.45) is 0. The SMILES string of the molecule is CCOc1ccc(Cn2c(=O)c3sccc3n(CC(=O)NCc3ccc(Cl)cc3)c2=O)cc1. The van der Waals surface area contributed by atoms with Crippen molar-refractivity contribution < 1.29 is 9.53 Å². The number of hydrogen-bond acceptors (Lipinski definition) is 5. The van der Waals surface area contributed by atoms with Crippen molar-refractivity contribution in [1.29, 1.82) is 0 Å². The van der Waals surface area contributed by atoms with Gasteiger partial charge in [-0.05, 0) is 53.8 Å². The summed E-state index contributed by atoms with van der Waals surface area (Å²) in [6, 6.07) is 16.1. The van der Waals surface area contributed by atoms with Gasteiger partial charge in [-0.2, -0.15) is 0 Å². The Morgan fingerprint density at radius 1 is 1.00 bits per heavy atom. The van der Waals surface area contributed by atoms with E-state index < -0.39 is 5.69 Å². The van der Waals surface area contributed by atoms with Gasteiger partial charge in [0.25, 0.3) is 5.56 Å². The third-order valence-corrected chi connectivity index (χ3v) is 6.26. The van der Waals surface area contributed by atoms with E-state index in [0.717, 1.165) is 16.9 Å². The van der Waals surface area contributed by atoms with E-state index in [2.05, 4.69) is 5.32 Å². The highest BCUT2D eigenvalue weighted by molar-refractivity contribution is 7.17. The summed E-state index contributed by atoms with van der Waals surface area (Å²) in [7, 11) is 0. The lowest BCUT2D eigenvalue weighted by Crippen LogP contribution is -2.42. The number of halogens is 1. The lowest BCUT2D eigenvalue weighted by Gasteiger charge is -2.13. The van der Waals surface area contributed by atoms with E-state index in [-0.39, 0.29) is 24.6 Å². The van der Waals surface area contributed by atoms with Crippen LogP contribution in [0, 0.1) is 0 Å². The molecule has 2 aromatic carbocycles. The molecule has 0 aliphatic rings. The first-order valence-electron chi connectivity index (χ1n) is 10.4. The van der Waals surface area contributed by atoms with Crippen molar-refractivity contribution in [3.63, 3.8) is 0 Å². The number of carbonyl (C=O) groups excluding carboxylic acids is 1. The van der Waals surface area contributed by atoms with E-state index in [9.17, 15) is 14.4 Å². The van der Waals surface area contributed by atoms with Gasteiger partial charge < -0.3 is 10.1 Å². The summed E-state index contributed by atoms with van der Waals surface area (Å²) in [6.45, 7) is 2.67. The van der Waals surface area contributed by atoms with Crippen molar-refractivity contribution >= 4 is 39.1 Å². The van der Waals surface area contributed by atoms with Crippen molar-refractivity contribution in [2.75, 3.05) is 6.61 Å². The van der Waals surface area contributed by atoms with Gasteiger partial charge in [0.05, 0.1) is 18.7 Å². The zero-order valence-electron chi connectivity index (χ0n) is 17.9. The maximum absolute atomic E-state index is 13.2. The second kappa shape index (κ2) is 10.1. The number of hydrogen-bond donors (Lipinski definition) is 1. The zero-order chi connectivity index (χ0) is 23.4. The first kappa shape index (κ1) is 22.8. The Morgan fingerprint density at radius 2 is 1.70 bits per heavy atom. The molecule has 0 atom stereocenters. The highest BCUT2D eigenvalue weighted by atomic mass is 35.5. The van der Waals surface area contributed by atoms with E-state index >= 15 is 0 Å². The molecule has 1 amide bonds. The first-order chi connectivity index (χ1) is 16.0. The van der Waals surface area contributed by atoms with Gasteiger partial charge in [-0.1, -0.05) is 35.9 Å². The Morgan fingerprint density at radius 3 is 2.39 bits per heavy atom. The fourth-order valence-corrected chi connectivity index (χ4v) is 4.44. The molecule has 0 radical (unpaired) electrons. The second-order valence-corrected chi connectivity index (χ2v) is 8.73. The van der Waals surface area contributed by atoms with Crippen LogP contribution in [0.1, 0.15) is 18.1 Å². The van der Waals surface area contributed by atoms with E-state index in [4.69, 9.17) is 16.3 Å². The van der Waals surface area contributed by atoms with Crippen LogP contribution in [-0.4, -0.2) is 21.6 Å². The average Bonchev–Trinajstić information content (AvgIpc) is 3.30. The molecule has 1 N–H and O–H groups in total. The van der Waals surface area contributed by atoms with Gasteiger partial charge in [0.15, 0.2) is 0 Å². The normalized spacial score (nSPS) is 11.0. The quantitative estimate of drug-likeness (QED) is 0.415. The fraction of sp³-hybridized carbons (Fsp3) is 0.208. The van der Waals surface area contributed by atoms with Crippen molar-refractivity contribution in [1.82, 2.24) is 14.5 Å². The molecule has 4 rings (SSSR count). The number of rotatable bonds is 8. The molecule has 0 aliphatic heterocycles. The molecule has 170 valence electrons. The van der Waals surface area contributed by atoms with E-state index in [0.29, 0.717) is 28.4 Å². The van der Waals surface area contributed by atoms with Crippen molar-refractivity contribution in [3.8, 4) is 5.75 Å². The van der Waals surface area contributed by atoms with Gasteiger partial charge in [-0.3, -0.25) is 18.7 Å². The van der Waals surface area contributed by atoms with Gasteiger partial charge >= 0.3 is 5.69 Å². The van der Waals surface area contributed by atoms with Crippen molar-refractivity contribution in [2.24, 2.45) is 0 Å². The van der Waals surface area contributed by atoms with Crippen LogP contribution in [0.25, 0.3) is 10.2 Å². The summed E-state index contributed by atoms with van der Waals surface area (Å²) in [5.74, 6) is 0.392. The molecule has 0 aliphatic carbocycles. The number of fused-ring (bicyclic) bond motifs is 1. The van der Waals surface area contributed by atoms with E-state index in [1.54, 1.807) is 35.7 Å². The van der Waals surface area contributed by atoms with Gasteiger partial charge in [0, 0.05) is 11.6 Å². The minimum atomic E-state index is -0.526. The zero-order valence-corrected chi connectivity index (χ0v) is 19.5. The standard InChI is InChI=1S/C24H22ClN3O4S/c1-2-32-19-9-5-17(6-10-19)14-28-23(30)22-20(11-12-33-22)27(24(28)31)15-21(29)26-13-16-3-7-18(25)8-4-16/h3-12H,2,13-15H2,1H3,(H,26,29). The Labute approximate surface area is 198 Å². The molecule has 7 nitrogen and oxygen atoms in total. The molecule has 0 spiro atoms. The predicted octanol–water partition coefficient (Wildman–Crippen LogP) is 3.64. The summed E-state index contributed by atoms with van der Waals surface area (Å²) < 4.78 is 8.40. The molecule has 0 bridgehead atoms. The van der Waals surface area contributed by atoms with Crippen molar-refractivity contribution in [3.05, 3.63) is 97.0 Å². The minimum absolute atomic E-state index is 0.101. The smallest absolute Gasteiger partial charge is 0.332 e. The van der Waals surface area contributed by atoms with Gasteiger partial charge in [0.2, 0.25) is 5.91 Å². The number of amides is 1. The summed E-state index contributed by atoms with van der Waals surface area (Å²) in [4.78, 5) is 38.8. The Balaban J connectivity index is 1.59. The number of nitrogens with zero attached hydrogens (tertiary/aromatic N) is 2. The van der Waals surface area contributed by atoms with Crippen LogP contribution >= 0.6 is 22.9 Å². The third-order valence-electron chi connectivity index (χ3n) is 5.12. The number of aromatic nitrogens is 2. The topological polar surface area (TPSA) is 82.3 Å². The molecule has 2 aromatic heterocycles. The maximum atomic E-state index is 13.2. The molecule has 33 heavy (non-hydrogen) atoms. The Hall–Kier alpha value is -3.36. The molecular formula is C24H22ClN3O4S. The molecule has 0 unspecified atom stereocenters. The monoisotopic (exact) mass is 483 g/mol. The van der Waals surface area contributed by atoms with Crippen LogP contribution in [0.4, 0.5) is 0 Å². The Bertz CT molecular complexity index is 1390. The minimum Gasteiger partial charge on any atom is -0.494 e. The molecule has 2 heterocycles. The summed E-state index contributed by atoms with van der Waals surface area (Å²) in [5.41, 5.74) is 1.24. The molecule has 4 aromatic rings. The van der Waals surface area contributed by atoms with Crippen LogP contribution in [0.3, 0.4) is 0 Å². The second-order valence-electron chi connectivity index (χ2n) is 7.38. The van der Waals surface area contributed by atoms with Crippen LogP contribution in [0.5, 0.6) is 5.75 Å². The van der Waals surface area contributed by atoms with Gasteiger partial charge in [-0.15, -0.1) is 11.3 Å². The molecule has 9 heteroatoms. The number of benzene rings is 2. The van der Waals surface area contributed by atoms with E-state index in [1.165, 1.54) is 20.5 Å². The fourth-order valence-electron chi connectivity index (χ4n) is 3.47. The number of carbonyl (C=O) groups is 1. The van der Waals surface area contributed by atoms with Crippen LogP contribution < -0.4 is 21.3 Å². The third kappa shape index (κ3) is 5.18. The number of nitrogens with one attached hydrogen (secondary N) is 1. The lowest BCUT2D eigenvalue weighted by atomic mass is 10.2. The summed E-state index contributed by atoms with van der Waals surface area (Å²) >= 11 is 7.14. The molecular weight excluding hydrogens is 462 g/mol. The maximum Gasteiger partial charge on any atom is 0.332 e.